The van der Waals surface area contributed by atoms with E-state index in [1.807, 2.05) is 67.6 Å². The molecule has 8 heteroatoms. The Morgan fingerprint density at radius 2 is 1.53 bits per heavy atom. The van der Waals surface area contributed by atoms with Crippen LogP contribution in [-0.4, -0.2) is 45.9 Å². The highest BCUT2D eigenvalue weighted by atomic mass is 32.2. The van der Waals surface area contributed by atoms with Crippen molar-refractivity contribution in [1.29, 1.82) is 0 Å². The van der Waals surface area contributed by atoms with Gasteiger partial charge in [0.2, 0.25) is 15.9 Å². The minimum absolute atomic E-state index is 0.0297. The molecule has 0 spiro atoms. The van der Waals surface area contributed by atoms with Gasteiger partial charge >= 0.3 is 0 Å². The summed E-state index contributed by atoms with van der Waals surface area (Å²) in [5.41, 5.74) is 1.92. The lowest BCUT2D eigenvalue weighted by molar-refractivity contribution is -0.121. The number of benzene rings is 3. The third-order valence-corrected chi connectivity index (χ3v) is 7.32. The highest BCUT2D eigenvalue weighted by Gasteiger charge is 2.28. The van der Waals surface area contributed by atoms with Gasteiger partial charge in [-0.15, -0.1) is 0 Å². The normalized spacial score (nSPS) is 12.2. The van der Waals surface area contributed by atoms with Gasteiger partial charge in [0.1, 0.15) is 0 Å². The zero-order chi connectivity index (χ0) is 24.6. The van der Waals surface area contributed by atoms with Crippen LogP contribution in [0.15, 0.2) is 83.8 Å². The molecule has 0 saturated carbocycles. The summed E-state index contributed by atoms with van der Waals surface area (Å²) in [5.74, 6) is 0.342. The van der Waals surface area contributed by atoms with Crippen LogP contribution in [0, 0.1) is 0 Å². The number of carbonyl (C=O) groups excluding carboxylic acids is 1. The van der Waals surface area contributed by atoms with E-state index in [1.54, 1.807) is 6.07 Å². The summed E-state index contributed by atoms with van der Waals surface area (Å²) in [4.78, 5) is 12.9. The first-order valence-corrected chi connectivity index (χ1v) is 12.4. The van der Waals surface area contributed by atoms with Crippen molar-refractivity contribution < 1.29 is 22.7 Å². The molecule has 3 rings (SSSR count). The van der Waals surface area contributed by atoms with E-state index in [-0.39, 0.29) is 29.9 Å². The number of rotatable bonds is 11. The minimum atomic E-state index is -3.99. The number of hydrogen-bond acceptors (Lipinski definition) is 5. The number of nitrogens with one attached hydrogen (secondary N) is 1. The topological polar surface area (TPSA) is 84.9 Å². The molecular formula is C26H30N2O5S. The van der Waals surface area contributed by atoms with E-state index in [1.165, 1.54) is 30.7 Å². The van der Waals surface area contributed by atoms with Crippen LogP contribution in [0.5, 0.6) is 11.5 Å². The highest BCUT2D eigenvalue weighted by molar-refractivity contribution is 7.89. The zero-order valence-electron chi connectivity index (χ0n) is 19.6. The molecule has 0 radical (unpaired) electrons. The van der Waals surface area contributed by atoms with E-state index in [0.29, 0.717) is 17.9 Å². The molecule has 0 heterocycles. The largest absolute Gasteiger partial charge is 0.493 e. The van der Waals surface area contributed by atoms with Crippen molar-refractivity contribution in [2.75, 3.05) is 27.3 Å². The van der Waals surface area contributed by atoms with Gasteiger partial charge in [-0.2, -0.15) is 4.31 Å². The first-order valence-electron chi connectivity index (χ1n) is 11.0. The molecule has 0 aliphatic rings. The Morgan fingerprint density at radius 3 is 2.15 bits per heavy atom. The van der Waals surface area contributed by atoms with E-state index in [2.05, 4.69) is 5.32 Å². The summed E-state index contributed by atoms with van der Waals surface area (Å²) < 4.78 is 38.8. The number of methoxy groups -OCH3 is 2. The molecule has 0 aromatic heterocycles. The number of sulfonamides is 1. The van der Waals surface area contributed by atoms with Crippen LogP contribution < -0.4 is 14.8 Å². The number of nitrogens with zero attached hydrogens (tertiary/aromatic N) is 1. The molecule has 7 nitrogen and oxygen atoms in total. The third-order valence-electron chi connectivity index (χ3n) is 5.48. The van der Waals surface area contributed by atoms with Gasteiger partial charge in [-0.25, -0.2) is 8.42 Å². The summed E-state index contributed by atoms with van der Waals surface area (Å²) in [5, 5.41) is 2.90. The average molecular weight is 483 g/mol. The van der Waals surface area contributed by atoms with Crippen molar-refractivity contribution in [2.24, 2.45) is 0 Å². The molecule has 34 heavy (non-hydrogen) atoms. The average Bonchev–Trinajstić information content (AvgIpc) is 2.87. The predicted molar refractivity (Wildman–Crippen MR) is 131 cm³/mol. The Balaban J connectivity index is 1.84. The minimum Gasteiger partial charge on any atom is -0.493 e. The number of ether oxygens (including phenoxy) is 2. The van der Waals surface area contributed by atoms with Crippen LogP contribution >= 0.6 is 0 Å². The van der Waals surface area contributed by atoms with Crippen LogP contribution in [0.25, 0.3) is 0 Å². The van der Waals surface area contributed by atoms with Crippen molar-refractivity contribution >= 4 is 15.9 Å². The molecule has 180 valence electrons. The molecule has 0 unspecified atom stereocenters. The molecule has 0 saturated heterocycles. The maximum atomic E-state index is 13.6. The van der Waals surface area contributed by atoms with Crippen molar-refractivity contribution in [3.05, 3.63) is 90.0 Å². The van der Waals surface area contributed by atoms with E-state index in [4.69, 9.17) is 9.47 Å². The Morgan fingerprint density at radius 1 is 0.912 bits per heavy atom. The summed E-state index contributed by atoms with van der Waals surface area (Å²) in [7, 11) is -1.06. The monoisotopic (exact) mass is 482 g/mol. The maximum absolute atomic E-state index is 13.6. The first kappa shape index (κ1) is 25.3. The first-order chi connectivity index (χ1) is 16.3. The second-order valence-corrected chi connectivity index (χ2v) is 9.73. The quantitative estimate of drug-likeness (QED) is 0.449. The Labute approximate surface area is 201 Å². The van der Waals surface area contributed by atoms with E-state index in [0.717, 1.165) is 11.1 Å². The predicted octanol–water partition coefficient (Wildman–Crippen LogP) is 3.81. The van der Waals surface area contributed by atoms with Crippen molar-refractivity contribution in [3.8, 4) is 11.5 Å². The number of hydrogen-bond donors (Lipinski definition) is 1. The van der Waals surface area contributed by atoms with Gasteiger partial charge in [0, 0.05) is 12.6 Å². The molecule has 0 bridgehead atoms. The second kappa shape index (κ2) is 11.7. The lowest BCUT2D eigenvalue weighted by Crippen LogP contribution is -2.42. The highest BCUT2D eigenvalue weighted by Crippen LogP contribution is 2.30. The smallest absolute Gasteiger partial charge is 0.243 e. The summed E-state index contributed by atoms with van der Waals surface area (Å²) in [6.45, 7) is 1.71. The van der Waals surface area contributed by atoms with Gasteiger partial charge in [-0.05, 0) is 36.6 Å². The summed E-state index contributed by atoms with van der Waals surface area (Å²) in [6.07, 6.45) is 0.467. The van der Waals surface area contributed by atoms with Crippen LogP contribution in [-0.2, 0) is 21.2 Å². The molecule has 0 aliphatic heterocycles. The summed E-state index contributed by atoms with van der Waals surface area (Å²) >= 11 is 0. The van der Waals surface area contributed by atoms with Crippen molar-refractivity contribution in [1.82, 2.24) is 9.62 Å². The van der Waals surface area contributed by atoms with Gasteiger partial charge in [0.05, 0.1) is 31.7 Å². The zero-order valence-corrected chi connectivity index (χ0v) is 20.4. The number of carbonyl (C=O) groups is 1. The molecule has 3 aromatic rings. The Kier molecular flexibility index (Phi) is 8.67. The van der Waals surface area contributed by atoms with Gasteiger partial charge < -0.3 is 14.8 Å². The van der Waals surface area contributed by atoms with Crippen molar-refractivity contribution in [3.63, 3.8) is 0 Å². The van der Waals surface area contributed by atoms with Crippen LogP contribution in [0.4, 0.5) is 0 Å². The van der Waals surface area contributed by atoms with Crippen LogP contribution in [0.3, 0.4) is 0 Å². The van der Waals surface area contributed by atoms with Gasteiger partial charge in [-0.3, -0.25) is 4.79 Å². The van der Waals surface area contributed by atoms with E-state index < -0.39 is 10.0 Å². The molecule has 0 fully saturated rings. The fourth-order valence-corrected chi connectivity index (χ4v) is 4.99. The lowest BCUT2D eigenvalue weighted by Gasteiger charge is -2.23. The maximum Gasteiger partial charge on any atom is 0.243 e. The molecule has 1 amide bonds. The van der Waals surface area contributed by atoms with Crippen LogP contribution in [0.2, 0.25) is 0 Å². The third kappa shape index (κ3) is 6.36. The molecule has 3 aromatic carbocycles. The molecule has 1 atom stereocenters. The van der Waals surface area contributed by atoms with Gasteiger partial charge in [0.25, 0.3) is 0 Å². The SMILES string of the molecule is COc1ccc(S(=O)(=O)N(CCc2ccccc2)CC(=O)N[C@H](C)c2ccccc2)cc1OC. The Bertz CT molecular complexity index is 1180. The fourth-order valence-electron chi connectivity index (χ4n) is 3.58. The van der Waals surface area contributed by atoms with E-state index in [9.17, 15) is 13.2 Å². The standard InChI is InChI=1S/C26H30N2O5S/c1-20(22-12-8-5-9-13-22)27-26(29)19-28(17-16-21-10-6-4-7-11-21)34(30,31)23-14-15-24(32-2)25(18-23)33-3/h4-15,18,20H,16-17,19H2,1-3H3,(H,27,29)/t20-/m1/s1. The number of amides is 1. The van der Waals surface area contributed by atoms with E-state index >= 15 is 0 Å². The molecular weight excluding hydrogens is 452 g/mol. The fraction of sp³-hybridized carbons (Fsp3) is 0.269. The van der Waals surface area contributed by atoms with Gasteiger partial charge in [-0.1, -0.05) is 60.7 Å². The van der Waals surface area contributed by atoms with Crippen LogP contribution in [0.1, 0.15) is 24.1 Å². The lowest BCUT2D eigenvalue weighted by atomic mass is 10.1. The summed E-state index contributed by atoms with van der Waals surface area (Å²) in [6, 6.07) is 23.2. The molecule has 1 N–H and O–H groups in total. The second-order valence-electron chi connectivity index (χ2n) is 7.79. The molecule has 0 aliphatic carbocycles. The van der Waals surface area contributed by atoms with Gasteiger partial charge in [0.15, 0.2) is 11.5 Å². The van der Waals surface area contributed by atoms with Crippen molar-refractivity contribution in [2.45, 2.75) is 24.3 Å². The Hall–Kier alpha value is -3.36.